The maximum absolute atomic E-state index is 11.3. The van der Waals surface area contributed by atoms with Gasteiger partial charge in [-0.3, -0.25) is 4.79 Å². The third kappa shape index (κ3) is 3.57. The molecular weight excluding hydrogens is 228 g/mol. The molecule has 0 saturated carbocycles. The van der Waals surface area contributed by atoms with E-state index in [1.54, 1.807) is 0 Å². The molecule has 2 unspecified atom stereocenters. The predicted molar refractivity (Wildman–Crippen MR) is 69.6 cm³/mol. The van der Waals surface area contributed by atoms with Gasteiger partial charge in [-0.25, -0.2) is 0 Å². The van der Waals surface area contributed by atoms with E-state index >= 15 is 0 Å². The van der Waals surface area contributed by atoms with Crippen molar-refractivity contribution in [3.8, 4) is 0 Å². The summed E-state index contributed by atoms with van der Waals surface area (Å²) in [6, 6.07) is 8.10. The van der Waals surface area contributed by atoms with Crippen LogP contribution < -0.4 is 0 Å². The summed E-state index contributed by atoms with van der Waals surface area (Å²) in [5.41, 5.74) is 2.29. The molecular formula is C15H20O3. The molecule has 18 heavy (non-hydrogen) atoms. The van der Waals surface area contributed by atoms with Gasteiger partial charge in [0.15, 0.2) is 0 Å². The lowest BCUT2D eigenvalue weighted by atomic mass is 9.89. The van der Waals surface area contributed by atoms with Gasteiger partial charge < -0.3 is 9.84 Å². The van der Waals surface area contributed by atoms with Crippen molar-refractivity contribution < 1.29 is 14.6 Å². The molecule has 0 radical (unpaired) electrons. The molecule has 2 atom stereocenters. The number of ether oxygens (including phenoxy) is 1. The van der Waals surface area contributed by atoms with Gasteiger partial charge in [-0.2, -0.15) is 0 Å². The van der Waals surface area contributed by atoms with Crippen LogP contribution in [0.1, 0.15) is 24.0 Å². The molecule has 1 N–H and O–H groups in total. The smallest absolute Gasteiger partial charge is 0.306 e. The van der Waals surface area contributed by atoms with Crippen LogP contribution in [0, 0.1) is 18.8 Å². The monoisotopic (exact) mass is 248 g/mol. The third-order valence-electron chi connectivity index (χ3n) is 3.56. The van der Waals surface area contributed by atoms with Gasteiger partial charge in [-0.1, -0.05) is 29.8 Å². The number of carboxylic acid groups (broad SMARTS) is 1. The number of carboxylic acids is 1. The Balaban J connectivity index is 1.99. The average molecular weight is 248 g/mol. The normalized spacial score (nSPS) is 20.8. The second kappa shape index (κ2) is 6.01. The summed E-state index contributed by atoms with van der Waals surface area (Å²) < 4.78 is 5.31. The topological polar surface area (TPSA) is 46.5 Å². The molecule has 1 aromatic carbocycles. The highest BCUT2D eigenvalue weighted by Crippen LogP contribution is 2.24. The second-order valence-electron chi connectivity index (χ2n) is 5.19. The fourth-order valence-corrected chi connectivity index (χ4v) is 2.57. The third-order valence-corrected chi connectivity index (χ3v) is 3.56. The van der Waals surface area contributed by atoms with Gasteiger partial charge >= 0.3 is 5.97 Å². The van der Waals surface area contributed by atoms with E-state index in [9.17, 15) is 9.90 Å². The quantitative estimate of drug-likeness (QED) is 0.871. The summed E-state index contributed by atoms with van der Waals surface area (Å²) in [6.45, 7) is 3.53. The Kier molecular flexibility index (Phi) is 4.37. The predicted octanol–water partition coefficient (Wildman–Crippen LogP) is 2.66. The highest BCUT2D eigenvalue weighted by atomic mass is 16.5. The van der Waals surface area contributed by atoms with Crippen LogP contribution in [0.15, 0.2) is 24.3 Å². The fraction of sp³-hybridized carbons (Fsp3) is 0.533. The fourth-order valence-electron chi connectivity index (χ4n) is 2.57. The number of rotatable bonds is 5. The summed E-state index contributed by atoms with van der Waals surface area (Å²) in [6.07, 6.45) is 2.34. The summed E-state index contributed by atoms with van der Waals surface area (Å²) >= 11 is 0. The van der Waals surface area contributed by atoms with Gasteiger partial charge in [0.2, 0.25) is 0 Å². The first-order valence-corrected chi connectivity index (χ1v) is 6.51. The lowest BCUT2D eigenvalue weighted by Crippen LogP contribution is -2.20. The van der Waals surface area contributed by atoms with E-state index in [-0.39, 0.29) is 5.92 Å². The number of aliphatic carboxylic acids is 1. The Morgan fingerprint density at radius 2 is 2.39 bits per heavy atom. The first-order chi connectivity index (χ1) is 8.65. The van der Waals surface area contributed by atoms with Crippen LogP contribution in [0.4, 0.5) is 0 Å². The van der Waals surface area contributed by atoms with Gasteiger partial charge in [0, 0.05) is 13.2 Å². The minimum Gasteiger partial charge on any atom is -0.481 e. The lowest BCUT2D eigenvalue weighted by Gasteiger charge is -2.16. The minimum absolute atomic E-state index is 0.293. The Labute approximate surface area is 108 Å². The van der Waals surface area contributed by atoms with Crippen LogP contribution in [0.2, 0.25) is 0 Å². The molecule has 0 bridgehead atoms. The molecule has 98 valence electrons. The lowest BCUT2D eigenvalue weighted by molar-refractivity contribution is -0.142. The molecule has 1 fully saturated rings. The molecule has 1 aliphatic rings. The van der Waals surface area contributed by atoms with E-state index in [2.05, 4.69) is 6.07 Å². The summed E-state index contributed by atoms with van der Waals surface area (Å²) in [5, 5.41) is 9.32. The summed E-state index contributed by atoms with van der Waals surface area (Å²) in [7, 11) is 0. The zero-order valence-electron chi connectivity index (χ0n) is 10.8. The van der Waals surface area contributed by atoms with Crippen molar-refractivity contribution >= 4 is 5.97 Å². The molecule has 0 aliphatic carbocycles. The van der Waals surface area contributed by atoms with Crippen molar-refractivity contribution in [2.45, 2.75) is 26.2 Å². The molecule has 3 heteroatoms. The highest BCUT2D eigenvalue weighted by Gasteiger charge is 2.25. The van der Waals surface area contributed by atoms with Gasteiger partial charge in [-0.05, 0) is 37.7 Å². The van der Waals surface area contributed by atoms with Crippen molar-refractivity contribution in [2.24, 2.45) is 11.8 Å². The molecule has 3 nitrogen and oxygen atoms in total. The summed E-state index contributed by atoms with van der Waals surface area (Å²) in [4.78, 5) is 11.3. The van der Waals surface area contributed by atoms with E-state index in [1.807, 2.05) is 25.1 Å². The van der Waals surface area contributed by atoms with Gasteiger partial charge in [0.1, 0.15) is 0 Å². The number of aryl methyl sites for hydroxylation is 1. The Morgan fingerprint density at radius 1 is 1.56 bits per heavy atom. The van der Waals surface area contributed by atoms with Crippen LogP contribution in [0.5, 0.6) is 0 Å². The van der Waals surface area contributed by atoms with E-state index in [1.165, 1.54) is 5.56 Å². The highest BCUT2D eigenvalue weighted by molar-refractivity contribution is 5.70. The Hall–Kier alpha value is -1.35. The second-order valence-corrected chi connectivity index (χ2v) is 5.19. The average Bonchev–Trinajstić information content (AvgIpc) is 2.81. The van der Waals surface area contributed by atoms with E-state index < -0.39 is 5.97 Å². The zero-order valence-corrected chi connectivity index (χ0v) is 10.8. The van der Waals surface area contributed by atoms with Gasteiger partial charge in [0.25, 0.3) is 0 Å². The van der Waals surface area contributed by atoms with Crippen molar-refractivity contribution in [1.82, 2.24) is 0 Å². The molecule has 1 saturated heterocycles. The number of hydrogen-bond acceptors (Lipinski definition) is 2. The maximum atomic E-state index is 11.3. The summed E-state index contributed by atoms with van der Waals surface area (Å²) in [5.74, 6) is -0.571. The standard InChI is InChI=1S/C15H20O3/c1-11-3-2-4-12(7-11)8-14(15(16)17)9-13-5-6-18-10-13/h2-4,7,13-14H,5-6,8-10H2,1H3,(H,16,17). The van der Waals surface area contributed by atoms with Crippen LogP contribution in [0.3, 0.4) is 0 Å². The first kappa shape index (κ1) is 13.1. The molecule has 1 heterocycles. The van der Waals surface area contributed by atoms with Crippen molar-refractivity contribution in [1.29, 1.82) is 0 Å². The Morgan fingerprint density at radius 3 is 3.00 bits per heavy atom. The van der Waals surface area contributed by atoms with Crippen molar-refractivity contribution in [3.05, 3.63) is 35.4 Å². The van der Waals surface area contributed by atoms with E-state index in [0.29, 0.717) is 12.3 Å². The molecule has 1 aromatic rings. The van der Waals surface area contributed by atoms with Crippen molar-refractivity contribution in [3.63, 3.8) is 0 Å². The maximum Gasteiger partial charge on any atom is 0.306 e. The van der Waals surface area contributed by atoms with Crippen LogP contribution in [-0.4, -0.2) is 24.3 Å². The zero-order chi connectivity index (χ0) is 13.0. The van der Waals surface area contributed by atoms with Crippen LogP contribution in [-0.2, 0) is 16.0 Å². The van der Waals surface area contributed by atoms with E-state index in [4.69, 9.17) is 4.74 Å². The molecule has 0 spiro atoms. The SMILES string of the molecule is Cc1cccc(CC(CC2CCOC2)C(=O)O)c1. The molecule has 0 amide bonds. The molecule has 2 rings (SSSR count). The number of benzene rings is 1. The van der Waals surface area contributed by atoms with Crippen molar-refractivity contribution in [2.75, 3.05) is 13.2 Å². The van der Waals surface area contributed by atoms with Gasteiger partial charge in [0.05, 0.1) is 5.92 Å². The van der Waals surface area contributed by atoms with Gasteiger partial charge in [-0.15, -0.1) is 0 Å². The first-order valence-electron chi connectivity index (χ1n) is 6.51. The Bertz CT molecular complexity index is 408. The number of hydrogen-bond donors (Lipinski definition) is 1. The minimum atomic E-state index is -0.691. The largest absolute Gasteiger partial charge is 0.481 e. The number of carbonyl (C=O) groups is 1. The van der Waals surface area contributed by atoms with Crippen LogP contribution >= 0.6 is 0 Å². The molecule has 1 aliphatic heterocycles. The molecule has 0 aromatic heterocycles. The van der Waals surface area contributed by atoms with Crippen LogP contribution in [0.25, 0.3) is 0 Å². The van der Waals surface area contributed by atoms with E-state index in [0.717, 1.165) is 31.6 Å².